The van der Waals surface area contributed by atoms with E-state index in [1.165, 1.54) is 0 Å². The van der Waals surface area contributed by atoms with Gasteiger partial charge in [0.05, 0.1) is 23.4 Å². The molecule has 0 spiro atoms. The van der Waals surface area contributed by atoms with E-state index in [4.69, 9.17) is 10.00 Å². The van der Waals surface area contributed by atoms with Crippen LogP contribution in [0, 0.1) is 17.1 Å². The molecule has 8 nitrogen and oxygen atoms in total. The Balaban J connectivity index is 1.72. The van der Waals surface area contributed by atoms with Gasteiger partial charge in [-0.15, -0.1) is 0 Å². The number of benzene rings is 2. The summed E-state index contributed by atoms with van der Waals surface area (Å²) in [5.74, 6) is 0.0241. The van der Waals surface area contributed by atoms with Crippen molar-refractivity contribution in [3.63, 3.8) is 0 Å². The predicted molar refractivity (Wildman–Crippen MR) is 123 cm³/mol. The van der Waals surface area contributed by atoms with Crippen LogP contribution < -0.4 is 15.4 Å². The minimum Gasteiger partial charge on any atom is -0.491 e. The first kappa shape index (κ1) is 23.7. The van der Waals surface area contributed by atoms with Gasteiger partial charge in [0.25, 0.3) is 0 Å². The van der Waals surface area contributed by atoms with Gasteiger partial charge >= 0.3 is 0 Å². The fourth-order valence-corrected chi connectivity index (χ4v) is 2.72. The van der Waals surface area contributed by atoms with Crippen LogP contribution in [-0.2, 0) is 0 Å². The van der Waals surface area contributed by atoms with E-state index in [1.54, 1.807) is 62.4 Å². The Morgan fingerprint density at radius 2 is 1.94 bits per heavy atom. The highest BCUT2D eigenvalue weighted by atomic mass is 19.1. The number of aliphatic hydroxyl groups excluding tert-OH is 1. The highest BCUT2D eigenvalue weighted by Crippen LogP contribution is 2.26. The van der Waals surface area contributed by atoms with Gasteiger partial charge in [0, 0.05) is 11.4 Å². The molecule has 0 bridgehead atoms. The SMILES string of the molecule is C=C(C#N)C(O)c1cccc(Nc2nc(Nc3ccc(OCC(C)(C)O)cc3)ncc2F)c1. The summed E-state index contributed by atoms with van der Waals surface area (Å²) >= 11 is 0. The van der Waals surface area contributed by atoms with Crippen LogP contribution >= 0.6 is 0 Å². The summed E-state index contributed by atoms with van der Waals surface area (Å²) in [5.41, 5.74) is 0.621. The van der Waals surface area contributed by atoms with Crippen LogP contribution in [0.15, 0.2) is 66.9 Å². The lowest BCUT2D eigenvalue weighted by Gasteiger charge is -2.17. The maximum atomic E-state index is 14.3. The Bertz CT molecular complexity index is 1170. The average Bonchev–Trinajstić information content (AvgIpc) is 2.79. The van der Waals surface area contributed by atoms with Crippen molar-refractivity contribution in [1.29, 1.82) is 5.26 Å². The van der Waals surface area contributed by atoms with Crippen molar-refractivity contribution in [3.8, 4) is 11.8 Å². The predicted octanol–water partition coefficient (Wildman–Crippen LogP) is 4.37. The summed E-state index contributed by atoms with van der Waals surface area (Å²) in [6, 6.07) is 15.3. The lowest BCUT2D eigenvalue weighted by Crippen LogP contribution is -2.27. The quantitative estimate of drug-likeness (QED) is 0.355. The minimum atomic E-state index is -1.15. The van der Waals surface area contributed by atoms with E-state index in [9.17, 15) is 14.6 Å². The molecule has 1 aromatic heterocycles. The summed E-state index contributed by atoms with van der Waals surface area (Å²) in [5, 5.41) is 34.7. The van der Waals surface area contributed by atoms with Crippen LogP contribution in [0.5, 0.6) is 5.75 Å². The number of hydrogen-bond acceptors (Lipinski definition) is 8. The molecule has 0 aliphatic carbocycles. The number of nitrogens with one attached hydrogen (secondary N) is 2. The molecule has 0 saturated carbocycles. The van der Waals surface area contributed by atoms with Crippen LogP contribution in [0.2, 0.25) is 0 Å². The molecular formula is C24H24FN5O3. The topological polar surface area (TPSA) is 123 Å². The smallest absolute Gasteiger partial charge is 0.229 e. The monoisotopic (exact) mass is 449 g/mol. The van der Waals surface area contributed by atoms with Gasteiger partial charge < -0.3 is 25.6 Å². The highest BCUT2D eigenvalue weighted by molar-refractivity contribution is 5.61. The second-order valence-electron chi connectivity index (χ2n) is 7.93. The van der Waals surface area contributed by atoms with E-state index in [-0.39, 0.29) is 23.9 Å². The Labute approximate surface area is 191 Å². The molecule has 0 aliphatic heterocycles. The summed E-state index contributed by atoms with van der Waals surface area (Å²) in [7, 11) is 0. The molecule has 0 fully saturated rings. The van der Waals surface area contributed by atoms with Crippen LogP contribution in [0.1, 0.15) is 25.5 Å². The molecule has 4 N–H and O–H groups in total. The van der Waals surface area contributed by atoms with E-state index in [0.29, 0.717) is 22.7 Å². The number of nitrogens with zero attached hydrogens (tertiary/aromatic N) is 3. The van der Waals surface area contributed by atoms with Gasteiger partial charge in [0.1, 0.15) is 18.5 Å². The Kier molecular flexibility index (Phi) is 7.23. The average molecular weight is 449 g/mol. The van der Waals surface area contributed by atoms with E-state index in [2.05, 4.69) is 27.2 Å². The zero-order chi connectivity index (χ0) is 24.0. The maximum Gasteiger partial charge on any atom is 0.229 e. The van der Waals surface area contributed by atoms with Gasteiger partial charge in [0.2, 0.25) is 5.95 Å². The van der Waals surface area contributed by atoms with E-state index in [1.807, 2.05) is 6.07 Å². The van der Waals surface area contributed by atoms with E-state index < -0.39 is 17.5 Å². The molecular weight excluding hydrogens is 425 g/mol. The Hall–Kier alpha value is -4.00. The highest BCUT2D eigenvalue weighted by Gasteiger charge is 2.14. The van der Waals surface area contributed by atoms with Gasteiger partial charge in [-0.2, -0.15) is 10.2 Å². The molecule has 1 unspecified atom stereocenters. The molecule has 1 atom stereocenters. The van der Waals surface area contributed by atoms with Gasteiger partial charge in [-0.25, -0.2) is 9.37 Å². The molecule has 33 heavy (non-hydrogen) atoms. The molecule has 2 aromatic carbocycles. The maximum absolute atomic E-state index is 14.3. The first-order valence-electron chi connectivity index (χ1n) is 10.0. The van der Waals surface area contributed by atoms with Gasteiger partial charge in [-0.1, -0.05) is 18.7 Å². The largest absolute Gasteiger partial charge is 0.491 e. The Morgan fingerprint density at radius 1 is 1.21 bits per heavy atom. The number of anilines is 4. The van der Waals surface area contributed by atoms with Crippen molar-refractivity contribution in [2.45, 2.75) is 25.6 Å². The summed E-state index contributed by atoms with van der Waals surface area (Å²) < 4.78 is 19.8. The Morgan fingerprint density at radius 3 is 2.61 bits per heavy atom. The van der Waals surface area contributed by atoms with E-state index >= 15 is 0 Å². The number of ether oxygens (including phenoxy) is 1. The van der Waals surface area contributed by atoms with Gasteiger partial charge in [-0.3, -0.25) is 0 Å². The molecule has 1 heterocycles. The summed E-state index contributed by atoms with van der Waals surface area (Å²) in [6.07, 6.45) is -0.117. The van der Waals surface area contributed by atoms with Crippen molar-refractivity contribution in [1.82, 2.24) is 9.97 Å². The van der Waals surface area contributed by atoms with Crippen LogP contribution in [-0.4, -0.2) is 32.4 Å². The van der Waals surface area contributed by atoms with Gasteiger partial charge in [0.15, 0.2) is 11.6 Å². The van der Waals surface area contributed by atoms with Crippen molar-refractivity contribution in [3.05, 3.63) is 78.3 Å². The fraction of sp³-hybridized carbons (Fsp3) is 0.208. The molecule has 9 heteroatoms. The third-order valence-corrected chi connectivity index (χ3v) is 4.39. The summed E-state index contributed by atoms with van der Waals surface area (Å²) in [4.78, 5) is 8.13. The third kappa shape index (κ3) is 6.74. The van der Waals surface area contributed by atoms with Crippen molar-refractivity contribution in [2.24, 2.45) is 0 Å². The van der Waals surface area contributed by atoms with Crippen molar-refractivity contribution < 1.29 is 19.3 Å². The number of hydrogen-bond donors (Lipinski definition) is 4. The normalized spacial score (nSPS) is 11.9. The molecule has 3 aromatic rings. The first-order chi connectivity index (χ1) is 15.6. The number of halogens is 1. The minimum absolute atomic E-state index is 0.00310. The fourth-order valence-electron chi connectivity index (χ4n) is 2.72. The lowest BCUT2D eigenvalue weighted by atomic mass is 10.0. The molecule has 0 radical (unpaired) electrons. The second kappa shape index (κ2) is 10.1. The van der Waals surface area contributed by atoms with Crippen molar-refractivity contribution in [2.75, 3.05) is 17.2 Å². The number of nitriles is 1. The first-order valence-corrected chi connectivity index (χ1v) is 10.0. The number of rotatable bonds is 9. The second-order valence-corrected chi connectivity index (χ2v) is 7.93. The number of aliphatic hydroxyl groups is 2. The van der Waals surface area contributed by atoms with E-state index in [0.717, 1.165) is 6.20 Å². The van der Waals surface area contributed by atoms with Crippen LogP contribution in [0.3, 0.4) is 0 Å². The number of aromatic nitrogens is 2. The zero-order valence-electron chi connectivity index (χ0n) is 18.2. The molecule has 3 rings (SSSR count). The lowest BCUT2D eigenvalue weighted by molar-refractivity contribution is 0.0285. The third-order valence-electron chi connectivity index (χ3n) is 4.39. The van der Waals surface area contributed by atoms with Gasteiger partial charge in [-0.05, 0) is 55.8 Å². The molecule has 0 amide bonds. The van der Waals surface area contributed by atoms with Crippen LogP contribution in [0.4, 0.5) is 27.5 Å². The van der Waals surface area contributed by atoms with Crippen LogP contribution in [0.25, 0.3) is 0 Å². The molecule has 170 valence electrons. The van der Waals surface area contributed by atoms with Crippen molar-refractivity contribution >= 4 is 23.1 Å². The molecule has 0 aliphatic rings. The zero-order valence-corrected chi connectivity index (χ0v) is 18.2. The summed E-state index contributed by atoms with van der Waals surface area (Å²) in [6.45, 7) is 6.98. The standard InChI is InChI=1S/C24H24FN5O3/c1-15(12-26)21(31)16-5-4-6-18(11-16)28-22-20(25)13-27-23(30-22)29-17-7-9-19(10-8-17)33-14-24(2,3)32/h4-11,13,21,31-32H,1,14H2,2-3H3,(H2,27,28,29,30). The molecule has 0 saturated heterocycles.